The van der Waals surface area contributed by atoms with Gasteiger partial charge in [0.25, 0.3) is 5.56 Å². The maximum Gasteiger partial charge on any atom is 0.407 e. The molecule has 1 saturated heterocycles. The molecule has 0 unspecified atom stereocenters. The minimum Gasteiger partial charge on any atom is -0.489 e. The van der Waals surface area contributed by atoms with Crippen LogP contribution in [0.3, 0.4) is 0 Å². The molecule has 0 bridgehead atoms. The number of alkyl carbamates (subject to hydrolysis) is 1. The van der Waals surface area contributed by atoms with E-state index >= 15 is 0 Å². The number of halogens is 1. The molecule has 0 spiro atoms. The lowest BCUT2D eigenvalue weighted by Crippen LogP contribution is -2.45. The lowest BCUT2D eigenvalue weighted by molar-refractivity contribution is 0.124. The summed E-state index contributed by atoms with van der Waals surface area (Å²) in [6.07, 6.45) is 4.58. The summed E-state index contributed by atoms with van der Waals surface area (Å²) in [5.41, 5.74) is 1.48. The van der Waals surface area contributed by atoms with Crippen LogP contribution in [-0.4, -0.2) is 64.4 Å². The molecular formula is C25H28FN5O5. The largest absolute Gasteiger partial charge is 0.489 e. The minimum atomic E-state index is -0.487. The molecule has 0 radical (unpaired) electrons. The van der Waals surface area contributed by atoms with Gasteiger partial charge in [-0.2, -0.15) is 0 Å². The van der Waals surface area contributed by atoms with E-state index in [0.717, 1.165) is 38.5 Å². The summed E-state index contributed by atoms with van der Waals surface area (Å²) >= 11 is 0. The van der Waals surface area contributed by atoms with Gasteiger partial charge < -0.3 is 29.0 Å². The standard InChI is InChI=1S/C25H28FN5O5/c26-17-12-21-20(28-14-17)2-3-24(32)31(21)9-8-30-6-4-18(5-7-30)29-25(33)36-16-19-13-22-23(15-27-19)35-11-1-10-34-22/h2-3,12-15,18H,1,4-11,16H2,(H,29,33). The van der Waals surface area contributed by atoms with Crippen LogP contribution in [0.25, 0.3) is 11.0 Å². The Morgan fingerprint density at radius 1 is 1.08 bits per heavy atom. The third-order valence-electron chi connectivity index (χ3n) is 6.40. The predicted molar refractivity (Wildman–Crippen MR) is 129 cm³/mol. The first kappa shape index (κ1) is 24.0. The van der Waals surface area contributed by atoms with Crippen molar-refractivity contribution in [1.29, 1.82) is 0 Å². The maximum absolute atomic E-state index is 13.7. The van der Waals surface area contributed by atoms with Gasteiger partial charge in [-0.3, -0.25) is 14.8 Å². The monoisotopic (exact) mass is 497 g/mol. The Labute approximate surface area is 207 Å². The van der Waals surface area contributed by atoms with Crippen LogP contribution in [-0.2, 0) is 17.9 Å². The number of ether oxygens (including phenoxy) is 3. The number of hydrogen-bond acceptors (Lipinski definition) is 8. The van der Waals surface area contributed by atoms with Gasteiger partial charge in [-0.25, -0.2) is 9.18 Å². The average Bonchev–Trinajstić information content (AvgIpc) is 3.13. The highest BCUT2D eigenvalue weighted by Gasteiger charge is 2.22. The highest BCUT2D eigenvalue weighted by atomic mass is 19.1. The zero-order chi connectivity index (χ0) is 24.9. The molecule has 5 heterocycles. The van der Waals surface area contributed by atoms with E-state index in [-0.39, 0.29) is 18.2 Å². The van der Waals surface area contributed by atoms with Crippen LogP contribution >= 0.6 is 0 Å². The Balaban J connectivity index is 1.07. The van der Waals surface area contributed by atoms with E-state index < -0.39 is 11.9 Å². The third kappa shape index (κ3) is 5.73. The second-order valence-corrected chi connectivity index (χ2v) is 8.89. The van der Waals surface area contributed by atoms with Crippen molar-refractivity contribution in [2.45, 2.75) is 38.5 Å². The number of pyridine rings is 3. The Morgan fingerprint density at radius 2 is 1.89 bits per heavy atom. The number of nitrogens with one attached hydrogen (secondary N) is 1. The van der Waals surface area contributed by atoms with Crippen LogP contribution in [0.4, 0.5) is 9.18 Å². The molecule has 0 atom stereocenters. The SMILES string of the molecule is O=C(NC1CCN(CCn2c(=O)ccc3ncc(F)cc32)CC1)OCc1cc2c(cn1)OCCCO2. The van der Waals surface area contributed by atoms with E-state index in [1.54, 1.807) is 22.9 Å². The number of nitrogens with zero attached hydrogens (tertiary/aromatic N) is 4. The second-order valence-electron chi connectivity index (χ2n) is 8.89. The van der Waals surface area contributed by atoms with Crippen LogP contribution in [0, 0.1) is 5.82 Å². The first-order valence-electron chi connectivity index (χ1n) is 12.1. The number of hydrogen-bond donors (Lipinski definition) is 1. The average molecular weight is 498 g/mol. The summed E-state index contributed by atoms with van der Waals surface area (Å²) in [5.74, 6) is 0.739. The lowest BCUT2D eigenvalue weighted by atomic mass is 10.1. The van der Waals surface area contributed by atoms with Gasteiger partial charge >= 0.3 is 6.09 Å². The van der Waals surface area contributed by atoms with Crippen LogP contribution in [0.1, 0.15) is 25.0 Å². The normalized spacial score (nSPS) is 16.5. The van der Waals surface area contributed by atoms with Crippen LogP contribution in [0.2, 0.25) is 0 Å². The number of fused-ring (bicyclic) bond motifs is 2. The number of amides is 1. The Hall–Kier alpha value is -3.73. The zero-order valence-electron chi connectivity index (χ0n) is 19.8. The van der Waals surface area contributed by atoms with Crippen LogP contribution < -0.4 is 20.3 Å². The number of rotatable bonds is 6. The molecular weight excluding hydrogens is 469 g/mol. The molecule has 190 valence electrons. The van der Waals surface area contributed by atoms with Crippen molar-refractivity contribution >= 4 is 17.1 Å². The highest BCUT2D eigenvalue weighted by molar-refractivity contribution is 5.74. The van der Waals surface area contributed by atoms with Crippen molar-refractivity contribution in [3.05, 3.63) is 58.5 Å². The van der Waals surface area contributed by atoms with E-state index in [4.69, 9.17) is 14.2 Å². The van der Waals surface area contributed by atoms with Crippen LogP contribution in [0.15, 0.2) is 41.5 Å². The van der Waals surface area contributed by atoms with E-state index in [9.17, 15) is 14.0 Å². The third-order valence-corrected chi connectivity index (χ3v) is 6.40. The first-order valence-corrected chi connectivity index (χ1v) is 12.1. The van der Waals surface area contributed by atoms with Gasteiger partial charge in [0.1, 0.15) is 12.4 Å². The van der Waals surface area contributed by atoms with Gasteiger partial charge in [-0.15, -0.1) is 0 Å². The molecule has 0 saturated carbocycles. The Kier molecular flexibility index (Phi) is 7.26. The predicted octanol–water partition coefficient (Wildman–Crippen LogP) is 2.48. The Morgan fingerprint density at radius 3 is 2.72 bits per heavy atom. The number of carbonyl (C=O) groups is 1. The molecule has 2 aliphatic rings. The van der Waals surface area contributed by atoms with Gasteiger partial charge in [0.2, 0.25) is 0 Å². The van der Waals surface area contributed by atoms with Crippen LogP contribution in [0.5, 0.6) is 11.5 Å². The van der Waals surface area contributed by atoms with Gasteiger partial charge in [-0.1, -0.05) is 0 Å². The molecule has 0 aromatic carbocycles. The van der Waals surface area contributed by atoms with Crippen molar-refractivity contribution in [3.63, 3.8) is 0 Å². The quantitative estimate of drug-likeness (QED) is 0.554. The smallest absolute Gasteiger partial charge is 0.407 e. The molecule has 1 amide bonds. The summed E-state index contributed by atoms with van der Waals surface area (Å²) in [6, 6.07) is 6.14. The van der Waals surface area contributed by atoms with E-state index in [0.29, 0.717) is 54.5 Å². The van der Waals surface area contributed by atoms with Crippen molar-refractivity contribution in [1.82, 2.24) is 24.8 Å². The molecule has 1 N–H and O–H groups in total. The molecule has 3 aromatic rings. The van der Waals surface area contributed by atoms with Crippen molar-refractivity contribution in [2.24, 2.45) is 0 Å². The van der Waals surface area contributed by atoms with Gasteiger partial charge in [-0.05, 0) is 18.9 Å². The molecule has 36 heavy (non-hydrogen) atoms. The van der Waals surface area contributed by atoms with Gasteiger partial charge in [0.15, 0.2) is 11.5 Å². The number of likely N-dealkylation sites (tertiary alicyclic amines) is 1. The molecule has 1 fully saturated rings. The number of carbonyl (C=O) groups excluding carboxylic acids is 1. The number of aromatic nitrogens is 3. The summed E-state index contributed by atoms with van der Waals surface area (Å²) in [6.45, 7) is 3.81. The van der Waals surface area contributed by atoms with Gasteiger partial charge in [0.05, 0.1) is 42.3 Å². The van der Waals surface area contributed by atoms with E-state index in [1.807, 2.05) is 0 Å². The number of piperidine rings is 1. The summed E-state index contributed by atoms with van der Waals surface area (Å²) in [5, 5.41) is 2.92. The second kappa shape index (κ2) is 10.9. The fourth-order valence-corrected chi connectivity index (χ4v) is 4.45. The molecule has 11 heteroatoms. The zero-order valence-corrected chi connectivity index (χ0v) is 19.8. The summed E-state index contributed by atoms with van der Waals surface area (Å²) in [7, 11) is 0. The fraction of sp³-hybridized carbons (Fsp3) is 0.440. The first-order chi connectivity index (χ1) is 17.5. The highest BCUT2D eigenvalue weighted by Crippen LogP contribution is 2.29. The minimum absolute atomic E-state index is 0.00376. The Bertz CT molecular complexity index is 1290. The van der Waals surface area contributed by atoms with Crippen molar-refractivity contribution < 1.29 is 23.4 Å². The summed E-state index contributed by atoms with van der Waals surface area (Å²) < 4.78 is 31.8. The van der Waals surface area contributed by atoms with E-state index in [2.05, 4.69) is 20.2 Å². The molecule has 3 aromatic heterocycles. The molecule has 2 aliphatic heterocycles. The van der Waals surface area contributed by atoms with Crippen molar-refractivity contribution in [3.8, 4) is 11.5 Å². The molecule has 5 rings (SSSR count). The lowest BCUT2D eigenvalue weighted by Gasteiger charge is -2.32. The molecule has 0 aliphatic carbocycles. The van der Waals surface area contributed by atoms with Crippen molar-refractivity contribution in [2.75, 3.05) is 32.8 Å². The fourth-order valence-electron chi connectivity index (χ4n) is 4.45. The maximum atomic E-state index is 13.7. The topological polar surface area (TPSA) is 108 Å². The summed E-state index contributed by atoms with van der Waals surface area (Å²) in [4.78, 5) is 35.2. The van der Waals surface area contributed by atoms with E-state index in [1.165, 1.54) is 12.1 Å². The molecule has 10 nitrogen and oxygen atoms in total. The van der Waals surface area contributed by atoms with Gasteiger partial charge in [0, 0.05) is 56.8 Å².